The molecule has 0 saturated heterocycles. The van der Waals surface area contributed by atoms with E-state index in [1.54, 1.807) is 6.07 Å². The molecule has 6 heteroatoms. The maximum atomic E-state index is 11.4. The Morgan fingerprint density at radius 2 is 2.10 bits per heavy atom. The Kier molecular flexibility index (Phi) is 3.42. The van der Waals surface area contributed by atoms with Gasteiger partial charge in [-0.3, -0.25) is 0 Å². The van der Waals surface area contributed by atoms with Crippen molar-refractivity contribution in [3.05, 3.63) is 47.0 Å². The van der Waals surface area contributed by atoms with Crippen LogP contribution < -0.4 is 0 Å². The lowest BCUT2D eigenvalue weighted by Crippen LogP contribution is -2.01. The summed E-state index contributed by atoms with van der Waals surface area (Å²) >= 11 is 2.78. The number of rotatable bonds is 3. The van der Waals surface area contributed by atoms with Gasteiger partial charge in [0, 0.05) is 16.5 Å². The van der Waals surface area contributed by atoms with Gasteiger partial charge in [-0.25, -0.2) is 14.8 Å². The van der Waals surface area contributed by atoms with Crippen molar-refractivity contribution in [1.29, 1.82) is 0 Å². The number of thiazole rings is 1. The van der Waals surface area contributed by atoms with Crippen LogP contribution in [0.5, 0.6) is 0 Å². The Morgan fingerprint density at radius 1 is 1.30 bits per heavy atom. The molecule has 2 aromatic heterocycles. The third-order valence-electron chi connectivity index (χ3n) is 2.70. The van der Waals surface area contributed by atoms with Crippen LogP contribution in [0.2, 0.25) is 0 Å². The number of hydrogen-bond donors (Lipinski definition) is 1. The van der Waals surface area contributed by atoms with Crippen molar-refractivity contribution in [2.75, 3.05) is 0 Å². The fourth-order valence-corrected chi connectivity index (χ4v) is 3.64. The van der Waals surface area contributed by atoms with Gasteiger partial charge in [-0.2, -0.15) is 0 Å². The molecule has 4 nitrogen and oxygen atoms in total. The zero-order chi connectivity index (χ0) is 14.1. The summed E-state index contributed by atoms with van der Waals surface area (Å²) in [6, 6.07) is 9.15. The molecule has 1 aromatic carbocycles. The number of pyridine rings is 1. The van der Waals surface area contributed by atoms with Crippen molar-refractivity contribution in [2.24, 2.45) is 0 Å². The first-order valence-electron chi connectivity index (χ1n) is 5.86. The molecule has 0 aliphatic rings. The zero-order valence-corrected chi connectivity index (χ0v) is 12.2. The first kappa shape index (κ1) is 13.1. The van der Waals surface area contributed by atoms with Crippen LogP contribution in [0.25, 0.3) is 10.9 Å². The summed E-state index contributed by atoms with van der Waals surface area (Å²) in [5.74, 6) is -0.973. The van der Waals surface area contributed by atoms with Crippen molar-refractivity contribution >= 4 is 40.0 Å². The summed E-state index contributed by atoms with van der Waals surface area (Å²) in [7, 11) is 0. The molecule has 0 aliphatic heterocycles. The quantitative estimate of drug-likeness (QED) is 0.796. The average Bonchev–Trinajstić information content (AvgIpc) is 2.83. The first-order chi connectivity index (χ1) is 9.63. The second kappa shape index (κ2) is 5.22. The molecule has 0 spiro atoms. The SMILES string of the molecule is Cc1csc(Sc2nc3ccccc3cc2C(=O)O)n1. The molecule has 0 amide bonds. The maximum Gasteiger partial charge on any atom is 0.338 e. The van der Waals surface area contributed by atoms with E-state index in [-0.39, 0.29) is 5.56 Å². The van der Waals surface area contributed by atoms with Gasteiger partial charge < -0.3 is 5.11 Å². The van der Waals surface area contributed by atoms with E-state index in [2.05, 4.69) is 9.97 Å². The third-order valence-corrected chi connectivity index (χ3v) is 4.76. The van der Waals surface area contributed by atoms with Crippen LogP contribution in [0.4, 0.5) is 0 Å². The summed E-state index contributed by atoms with van der Waals surface area (Å²) in [6.45, 7) is 1.91. The smallest absolute Gasteiger partial charge is 0.338 e. The summed E-state index contributed by atoms with van der Waals surface area (Å²) in [5, 5.41) is 12.6. The number of para-hydroxylation sites is 1. The van der Waals surface area contributed by atoms with Gasteiger partial charge in [0.15, 0.2) is 4.34 Å². The maximum absolute atomic E-state index is 11.4. The summed E-state index contributed by atoms with van der Waals surface area (Å²) in [4.78, 5) is 20.2. The Balaban J connectivity index is 2.11. The highest BCUT2D eigenvalue weighted by molar-refractivity contribution is 8.01. The van der Waals surface area contributed by atoms with Gasteiger partial charge in [0.1, 0.15) is 5.03 Å². The molecule has 0 unspecified atom stereocenters. The van der Waals surface area contributed by atoms with Crippen molar-refractivity contribution < 1.29 is 9.90 Å². The van der Waals surface area contributed by atoms with E-state index < -0.39 is 5.97 Å². The van der Waals surface area contributed by atoms with Gasteiger partial charge in [-0.05, 0) is 30.8 Å². The van der Waals surface area contributed by atoms with Crippen LogP contribution in [0, 0.1) is 6.92 Å². The highest BCUT2D eigenvalue weighted by Crippen LogP contribution is 2.32. The van der Waals surface area contributed by atoms with Crippen LogP contribution in [-0.2, 0) is 0 Å². The number of nitrogens with zero attached hydrogens (tertiary/aromatic N) is 2. The number of fused-ring (bicyclic) bond motifs is 1. The predicted octanol–water partition coefficient (Wildman–Crippen LogP) is 3.85. The van der Waals surface area contributed by atoms with E-state index >= 15 is 0 Å². The van der Waals surface area contributed by atoms with Crippen LogP contribution >= 0.6 is 23.1 Å². The Bertz CT molecular complexity index is 799. The van der Waals surface area contributed by atoms with E-state index in [0.29, 0.717) is 5.03 Å². The first-order valence-corrected chi connectivity index (χ1v) is 7.56. The normalized spacial score (nSPS) is 10.8. The molecule has 100 valence electrons. The summed E-state index contributed by atoms with van der Waals surface area (Å²) < 4.78 is 0.799. The number of benzene rings is 1. The Morgan fingerprint density at radius 3 is 2.80 bits per heavy atom. The van der Waals surface area contributed by atoms with Crippen LogP contribution in [0.1, 0.15) is 16.1 Å². The van der Waals surface area contributed by atoms with Gasteiger partial charge in [-0.15, -0.1) is 11.3 Å². The highest BCUT2D eigenvalue weighted by Gasteiger charge is 2.15. The molecule has 0 atom stereocenters. The van der Waals surface area contributed by atoms with E-state index in [1.807, 2.05) is 36.6 Å². The van der Waals surface area contributed by atoms with Crippen molar-refractivity contribution in [1.82, 2.24) is 9.97 Å². The average molecular weight is 302 g/mol. The minimum absolute atomic E-state index is 0.210. The van der Waals surface area contributed by atoms with Gasteiger partial charge >= 0.3 is 5.97 Å². The number of aromatic carboxylic acids is 1. The number of aromatic nitrogens is 2. The van der Waals surface area contributed by atoms with Crippen molar-refractivity contribution in [3.63, 3.8) is 0 Å². The van der Waals surface area contributed by atoms with E-state index in [4.69, 9.17) is 0 Å². The van der Waals surface area contributed by atoms with Gasteiger partial charge in [-0.1, -0.05) is 18.2 Å². The summed E-state index contributed by atoms with van der Waals surface area (Å²) in [6.07, 6.45) is 0. The molecule has 3 aromatic rings. The Hall–Kier alpha value is -1.92. The van der Waals surface area contributed by atoms with Gasteiger partial charge in [0.25, 0.3) is 0 Å². The molecular weight excluding hydrogens is 292 g/mol. The van der Waals surface area contributed by atoms with Crippen LogP contribution in [0.3, 0.4) is 0 Å². The molecule has 1 N–H and O–H groups in total. The van der Waals surface area contributed by atoms with Gasteiger partial charge in [0.2, 0.25) is 0 Å². The topological polar surface area (TPSA) is 63.1 Å². The Labute approximate surface area is 123 Å². The van der Waals surface area contributed by atoms with Crippen LogP contribution in [0.15, 0.2) is 45.1 Å². The lowest BCUT2D eigenvalue weighted by Gasteiger charge is -2.05. The third kappa shape index (κ3) is 2.52. The molecule has 0 saturated carbocycles. The standard InChI is InChI=1S/C14H10N2O2S2/c1-8-7-19-14(15-8)20-12-10(13(17)18)6-9-4-2-3-5-11(9)16-12/h2-7H,1H3,(H,17,18). The molecule has 0 radical (unpaired) electrons. The van der Waals surface area contributed by atoms with E-state index in [0.717, 1.165) is 20.9 Å². The lowest BCUT2D eigenvalue weighted by atomic mass is 10.1. The second-order valence-electron chi connectivity index (χ2n) is 4.20. The van der Waals surface area contributed by atoms with Crippen LogP contribution in [-0.4, -0.2) is 21.0 Å². The fraction of sp³-hybridized carbons (Fsp3) is 0.0714. The minimum Gasteiger partial charge on any atom is -0.478 e. The number of carbonyl (C=O) groups is 1. The highest BCUT2D eigenvalue weighted by atomic mass is 32.2. The molecule has 3 rings (SSSR count). The number of carboxylic acid groups (broad SMARTS) is 1. The van der Waals surface area contributed by atoms with Crippen molar-refractivity contribution in [3.8, 4) is 0 Å². The second-order valence-corrected chi connectivity index (χ2v) is 6.29. The minimum atomic E-state index is -0.973. The summed E-state index contributed by atoms with van der Waals surface area (Å²) in [5.41, 5.74) is 1.92. The predicted molar refractivity (Wildman–Crippen MR) is 79.7 cm³/mol. The monoisotopic (exact) mass is 302 g/mol. The van der Waals surface area contributed by atoms with Crippen molar-refractivity contribution in [2.45, 2.75) is 16.3 Å². The fourth-order valence-electron chi connectivity index (χ4n) is 1.79. The van der Waals surface area contributed by atoms with E-state index in [9.17, 15) is 9.90 Å². The molecule has 20 heavy (non-hydrogen) atoms. The lowest BCUT2D eigenvalue weighted by molar-refractivity contribution is 0.0692. The number of carboxylic acids is 1. The number of hydrogen-bond acceptors (Lipinski definition) is 5. The molecular formula is C14H10N2O2S2. The van der Waals surface area contributed by atoms with Gasteiger partial charge in [0.05, 0.1) is 11.1 Å². The molecule has 2 heterocycles. The molecule has 0 fully saturated rings. The number of aryl methyl sites for hydroxylation is 1. The van der Waals surface area contributed by atoms with E-state index in [1.165, 1.54) is 23.1 Å². The molecule has 0 aliphatic carbocycles. The molecule has 0 bridgehead atoms. The zero-order valence-electron chi connectivity index (χ0n) is 10.5. The largest absolute Gasteiger partial charge is 0.478 e.